The van der Waals surface area contributed by atoms with E-state index in [-0.39, 0.29) is 12.1 Å². The first-order chi connectivity index (χ1) is 9.94. The number of nitrogens with zero attached hydrogens (tertiary/aromatic N) is 2. The molecule has 0 bridgehead atoms. The van der Waals surface area contributed by atoms with Crippen molar-refractivity contribution in [1.29, 1.82) is 0 Å². The fourth-order valence-corrected chi connectivity index (χ4v) is 2.72. The summed E-state index contributed by atoms with van der Waals surface area (Å²) in [4.78, 5) is 22.0. The molecule has 1 amide bonds. The van der Waals surface area contributed by atoms with Crippen molar-refractivity contribution in [3.05, 3.63) is 30.1 Å². The van der Waals surface area contributed by atoms with Gasteiger partial charge in [0.25, 0.3) is 0 Å². The smallest absolute Gasteiger partial charge is 0.410 e. The predicted molar refractivity (Wildman–Crippen MR) is 81.0 cm³/mol. The molecule has 1 atom stereocenters. The molecule has 1 aliphatic rings. The Labute approximate surface area is 124 Å². The van der Waals surface area contributed by atoms with E-state index in [1.165, 1.54) is 0 Å². The second kappa shape index (κ2) is 5.06. The lowest BCUT2D eigenvalue weighted by atomic mass is 10.2. The third-order valence-electron chi connectivity index (χ3n) is 3.60. The van der Waals surface area contributed by atoms with Gasteiger partial charge in [-0.25, -0.2) is 9.78 Å². The molecule has 5 nitrogen and oxygen atoms in total. The number of hydrogen-bond donors (Lipinski definition) is 1. The zero-order chi connectivity index (χ0) is 15.0. The van der Waals surface area contributed by atoms with E-state index in [0.29, 0.717) is 0 Å². The van der Waals surface area contributed by atoms with E-state index in [0.717, 1.165) is 36.2 Å². The van der Waals surface area contributed by atoms with Crippen LogP contribution < -0.4 is 0 Å². The summed E-state index contributed by atoms with van der Waals surface area (Å²) in [6, 6.07) is 7.89. The Morgan fingerprint density at radius 1 is 1.38 bits per heavy atom. The van der Waals surface area contributed by atoms with Gasteiger partial charge in [-0.05, 0) is 45.7 Å². The molecule has 2 aromatic rings. The van der Waals surface area contributed by atoms with Gasteiger partial charge in [-0.3, -0.25) is 4.90 Å². The fraction of sp³-hybridized carbons (Fsp3) is 0.500. The summed E-state index contributed by atoms with van der Waals surface area (Å²) in [5.41, 5.74) is 1.46. The molecule has 1 saturated heterocycles. The number of fused-ring (bicyclic) bond motifs is 1. The second-order valence-electron chi connectivity index (χ2n) is 6.47. The zero-order valence-corrected chi connectivity index (χ0v) is 12.7. The number of rotatable bonds is 1. The van der Waals surface area contributed by atoms with E-state index in [1.807, 2.05) is 45.0 Å². The number of carbonyl (C=O) groups excluding carboxylic acids is 1. The molecule has 1 N–H and O–H groups in total. The van der Waals surface area contributed by atoms with Gasteiger partial charge in [-0.2, -0.15) is 0 Å². The van der Waals surface area contributed by atoms with Gasteiger partial charge in [0, 0.05) is 6.54 Å². The topological polar surface area (TPSA) is 58.2 Å². The summed E-state index contributed by atoms with van der Waals surface area (Å²) in [7, 11) is 0. The lowest BCUT2D eigenvalue weighted by molar-refractivity contribution is 0.0219. The van der Waals surface area contributed by atoms with E-state index in [1.54, 1.807) is 4.90 Å². The van der Waals surface area contributed by atoms with Crippen LogP contribution in [0.2, 0.25) is 0 Å². The van der Waals surface area contributed by atoms with Crippen LogP contribution in [0.5, 0.6) is 0 Å². The van der Waals surface area contributed by atoms with Gasteiger partial charge in [-0.1, -0.05) is 12.1 Å². The van der Waals surface area contributed by atoms with Gasteiger partial charge in [-0.15, -0.1) is 0 Å². The Morgan fingerprint density at radius 2 is 2.14 bits per heavy atom. The summed E-state index contributed by atoms with van der Waals surface area (Å²) >= 11 is 0. The van der Waals surface area contributed by atoms with Crippen LogP contribution in [0.15, 0.2) is 24.3 Å². The molecule has 21 heavy (non-hydrogen) atoms. The van der Waals surface area contributed by atoms with Crippen molar-refractivity contribution in [3.8, 4) is 0 Å². The molecule has 3 rings (SSSR count). The molecule has 2 heterocycles. The van der Waals surface area contributed by atoms with Crippen molar-refractivity contribution in [2.45, 2.75) is 45.3 Å². The molecule has 112 valence electrons. The maximum Gasteiger partial charge on any atom is 0.410 e. The number of H-pyrrole nitrogens is 1. The first-order valence-corrected chi connectivity index (χ1v) is 7.38. The van der Waals surface area contributed by atoms with Crippen molar-refractivity contribution in [2.75, 3.05) is 6.54 Å². The third kappa shape index (κ3) is 2.86. The largest absolute Gasteiger partial charge is 0.444 e. The van der Waals surface area contributed by atoms with E-state index in [2.05, 4.69) is 9.97 Å². The van der Waals surface area contributed by atoms with Crippen molar-refractivity contribution in [3.63, 3.8) is 0 Å². The Bertz CT molecular complexity index is 624. The Balaban J connectivity index is 1.85. The van der Waals surface area contributed by atoms with Gasteiger partial charge in [0.1, 0.15) is 11.4 Å². The fourth-order valence-electron chi connectivity index (χ4n) is 2.72. The molecule has 0 radical (unpaired) electrons. The van der Waals surface area contributed by atoms with Crippen LogP contribution in [0, 0.1) is 0 Å². The van der Waals surface area contributed by atoms with Gasteiger partial charge in [0.05, 0.1) is 17.1 Å². The van der Waals surface area contributed by atoms with Gasteiger partial charge < -0.3 is 9.72 Å². The minimum absolute atomic E-state index is 0.0211. The van der Waals surface area contributed by atoms with Crippen molar-refractivity contribution in [1.82, 2.24) is 14.9 Å². The van der Waals surface area contributed by atoms with Crippen LogP contribution in [-0.4, -0.2) is 33.1 Å². The highest BCUT2D eigenvalue weighted by Gasteiger charge is 2.34. The highest BCUT2D eigenvalue weighted by atomic mass is 16.6. The second-order valence-corrected chi connectivity index (χ2v) is 6.47. The maximum atomic E-state index is 12.3. The van der Waals surface area contributed by atoms with E-state index in [9.17, 15) is 4.79 Å². The van der Waals surface area contributed by atoms with Crippen molar-refractivity contribution < 1.29 is 9.53 Å². The van der Waals surface area contributed by atoms with E-state index >= 15 is 0 Å². The normalized spacial score (nSPS) is 19.2. The highest BCUT2D eigenvalue weighted by molar-refractivity contribution is 5.75. The van der Waals surface area contributed by atoms with Gasteiger partial charge in [0.15, 0.2) is 0 Å². The van der Waals surface area contributed by atoms with Gasteiger partial charge in [0.2, 0.25) is 0 Å². The molecule has 1 aromatic carbocycles. The van der Waals surface area contributed by atoms with Crippen LogP contribution in [0.1, 0.15) is 45.5 Å². The maximum absolute atomic E-state index is 12.3. The van der Waals surface area contributed by atoms with Gasteiger partial charge >= 0.3 is 6.09 Å². The Hall–Kier alpha value is -2.04. The Morgan fingerprint density at radius 3 is 2.86 bits per heavy atom. The van der Waals surface area contributed by atoms with E-state index in [4.69, 9.17) is 4.74 Å². The van der Waals surface area contributed by atoms with Crippen LogP contribution in [0.25, 0.3) is 11.0 Å². The molecule has 0 aliphatic carbocycles. The minimum atomic E-state index is -0.474. The quantitative estimate of drug-likeness (QED) is 0.871. The lowest BCUT2D eigenvalue weighted by Crippen LogP contribution is -2.36. The molecule has 1 aliphatic heterocycles. The van der Waals surface area contributed by atoms with Crippen molar-refractivity contribution in [2.24, 2.45) is 0 Å². The van der Waals surface area contributed by atoms with E-state index < -0.39 is 5.60 Å². The number of likely N-dealkylation sites (tertiary alicyclic amines) is 1. The summed E-state index contributed by atoms with van der Waals surface area (Å²) in [5.74, 6) is 0.847. The molecular weight excluding hydrogens is 266 g/mol. The number of amides is 1. The molecule has 0 spiro atoms. The van der Waals surface area contributed by atoms with Crippen LogP contribution in [0.4, 0.5) is 4.79 Å². The summed E-state index contributed by atoms with van der Waals surface area (Å²) in [6.07, 6.45) is 1.63. The number of benzene rings is 1. The Kier molecular flexibility index (Phi) is 3.35. The molecule has 0 unspecified atom stereocenters. The lowest BCUT2D eigenvalue weighted by Gasteiger charge is -2.27. The first kappa shape index (κ1) is 13.9. The number of hydrogen-bond acceptors (Lipinski definition) is 3. The summed E-state index contributed by atoms with van der Waals surface area (Å²) in [5, 5.41) is 0. The molecule has 1 fully saturated rings. The molecule has 0 saturated carbocycles. The number of nitrogens with one attached hydrogen (secondary N) is 1. The molecule has 5 heteroatoms. The summed E-state index contributed by atoms with van der Waals surface area (Å²) < 4.78 is 5.49. The van der Waals surface area contributed by atoms with Crippen molar-refractivity contribution >= 4 is 17.1 Å². The minimum Gasteiger partial charge on any atom is -0.444 e. The number of aromatic nitrogens is 2. The third-order valence-corrected chi connectivity index (χ3v) is 3.60. The van der Waals surface area contributed by atoms with Crippen LogP contribution >= 0.6 is 0 Å². The molecular formula is C16H21N3O2. The number of aromatic amines is 1. The first-order valence-electron chi connectivity index (χ1n) is 7.38. The van der Waals surface area contributed by atoms with Crippen LogP contribution in [0.3, 0.4) is 0 Å². The highest BCUT2D eigenvalue weighted by Crippen LogP contribution is 2.32. The number of imidazole rings is 1. The molecule has 1 aromatic heterocycles. The predicted octanol–water partition coefficient (Wildman–Crippen LogP) is 3.63. The number of para-hydroxylation sites is 2. The SMILES string of the molecule is CC(C)(C)OC(=O)N1CCC[C@@H]1c1nc2ccccc2[nH]1. The zero-order valence-electron chi connectivity index (χ0n) is 12.7. The average molecular weight is 287 g/mol. The monoisotopic (exact) mass is 287 g/mol. The van der Waals surface area contributed by atoms with Crippen LogP contribution in [-0.2, 0) is 4.74 Å². The summed E-state index contributed by atoms with van der Waals surface area (Å²) in [6.45, 7) is 6.38. The average Bonchev–Trinajstić information content (AvgIpc) is 3.02. The standard InChI is InChI=1S/C16H21N3O2/c1-16(2,3)21-15(20)19-10-6-9-13(19)14-17-11-7-4-5-8-12(11)18-14/h4-5,7-8,13H,6,9-10H2,1-3H3,(H,17,18)/t13-/m1/s1. The number of ether oxygens (including phenoxy) is 1. The number of carbonyl (C=O) groups is 1.